The van der Waals surface area contributed by atoms with Gasteiger partial charge < -0.3 is 31.3 Å². The van der Waals surface area contributed by atoms with Crippen molar-refractivity contribution in [3.63, 3.8) is 0 Å². The van der Waals surface area contributed by atoms with Gasteiger partial charge in [0.2, 0.25) is 5.82 Å². The van der Waals surface area contributed by atoms with Crippen molar-refractivity contribution in [1.82, 2.24) is 9.80 Å². The molecule has 11 heteroatoms. The molecule has 0 unspecified atom stereocenters. The van der Waals surface area contributed by atoms with Crippen LogP contribution in [0.5, 0.6) is 0 Å². The largest absolute Gasteiger partial charge is 0.400 e. The molecule has 2 saturated heterocycles. The molecule has 2 aromatic rings. The summed E-state index contributed by atoms with van der Waals surface area (Å²) in [7, 11) is 5.20. The molecule has 2 heterocycles. The van der Waals surface area contributed by atoms with Crippen molar-refractivity contribution in [3.8, 4) is 0 Å². The zero-order valence-corrected chi connectivity index (χ0v) is 21.2. The van der Waals surface area contributed by atoms with E-state index in [2.05, 4.69) is 34.5 Å². The summed E-state index contributed by atoms with van der Waals surface area (Å²) < 4.78 is 26.6. The van der Waals surface area contributed by atoms with Crippen LogP contribution in [0.4, 0.5) is 31.5 Å². The van der Waals surface area contributed by atoms with Crippen molar-refractivity contribution in [1.29, 1.82) is 0 Å². The fraction of sp³-hybridized carbons (Fsp3) is 0.520. The Labute approximate surface area is 211 Å². The van der Waals surface area contributed by atoms with E-state index in [-0.39, 0.29) is 11.5 Å². The lowest BCUT2D eigenvalue weighted by molar-refractivity contribution is -0.387. The second-order valence-electron chi connectivity index (χ2n) is 9.10. The van der Waals surface area contributed by atoms with Crippen LogP contribution in [-0.4, -0.2) is 79.3 Å². The van der Waals surface area contributed by atoms with E-state index in [9.17, 15) is 18.9 Å². The zero-order chi connectivity index (χ0) is 26.7. The highest BCUT2D eigenvalue weighted by atomic mass is 19.1. The molecular weight excluding hydrogens is 470 g/mol. The maximum Gasteiger partial charge on any atom is 0.304 e. The number of aliphatic hydroxyl groups is 1. The number of halogens is 2. The lowest BCUT2D eigenvalue weighted by Crippen LogP contribution is -2.36. The molecule has 0 atom stereocenters. The van der Waals surface area contributed by atoms with Crippen LogP contribution in [0.1, 0.15) is 25.7 Å². The Balaban J connectivity index is 0.000000239. The Morgan fingerprint density at radius 1 is 0.861 bits per heavy atom. The van der Waals surface area contributed by atoms with Gasteiger partial charge in [-0.15, -0.1) is 0 Å². The number of hydrogen-bond acceptors (Lipinski definition) is 8. The molecule has 0 aromatic heterocycles. The van der Waals surface area contributed by atoms with E-state index in [4.69, 9.17) is 10.8 Å². The molecule has 0 spiro atoms. The van der Waals surface area contributed by atoms with Crippen LogP contribution in [0, 0.1) is 21.7 Å². The number of hydrogen-bond donors (Lipinski definition) is 4. The molecule has 2 aliphatic rings. The molecule has 0 bridgehead atoms. The minimum absolute atomic E-state index is 0.203. The van der Waals surface area contributed by atoms with Gasteiger partial charge in [-0.25, -0.2) is 4.39 Å². The average molecular weight is 509 g/mol. The van der Waals surface area contributed by atoms with Crippen molar-refractivity contribution in [3.05, 3.63) is 58.1 Å². The van der Waals surface area contributed by atoms with E-state index >= 15 is 0 Å². The highest BCUT2D eigenvalue weighted by molar-refractivity contribution is 5.53. The molecule has 0 aliphatic carbocycles. The van der Waals surface area contributed by atoms with Crippen molar-refractivity contribution in [2.24, 2.45) is 0 Å². The van der Waals surface area contributed by atoms with Gasteiger partial charge in [-0.3, -0.25) is 10.1 Å². The van der Waals surface area contributed by atoms with Crippen LogP contribution in [0.2, 0.25) is 0 Å². The summed E-state index contributed by atoms with van der Waals surface area (Å²) in [5.41, 5.74) is 6.58. The molecule has 2 fully saturated rings. The number of benzene rings is 2. The number of rotatable bonds is 5. The fourth-order valence-electron chi connectivity index (χ4n) is 4.14. The molecular formula is C25H38F2N6O3. The van der Waals surface area contributed by atoms with Crippen LogP contribution < -0.4 is 16.4 Å². The molecule has 0 amide bonds. The Morgan fingerprint density at radius 2 is 1.28 bits per heavy atom. The van der Waals surface area contributed by atoms with Crippen molar-refractivity contribution in [2.75, 3.05) is 63.8 Å². The van der Waals surface area contributed by atoms with E-state index in [1.807, 2.05) is 6.07 Å². The number of nitrogen functional groups attached to an aromatic ring is 1. The number of aliphatic hydroxyl groups excluding tert-OH is 1. The molecule has 36 heavy (non-hydrogen) atoms. The number of nitro benzene ring substituents is 1. The molecule has 0 saturated carbocycles. The standard InChI is InChI=1S/C12H16FN3O2.C12H18FN3.CH4O/c1-15-6-4-9(5-7-15)14-10-2-3-12(16(17)18)11(13)8-10;1-16-6-4-9(5-7-16)15-10-2-3-12(14)11(13)8-10;1-2/h2-3,8-9,14H,4-7H2,1H3;2-3,8-9,15H,4-7,14H2,1H3;2H,1H3. The molecule has 0 radical (unpaired) electrons. The molecule has 9 nitrogen and oxygen atoms in total. The number of piperidine rings is 2. The van der Waals surface area contributed by atoms with E-state index in [0.29, 0.717) is 17.8 Å². The second kappa shape index (κ2) is 14.5. The van der Waals surface area contributed by atoms with Crippen molar-refractivity contribution >= 4 is 22.7 Å². The monoisotopic (exact) mass is 508 g/mol. The van der Waals surface area contributed by atoms with E-state index in [0.717, 1.165) is 64.7 Å². The van der Waals surface area contributed by atoms with Crippen LogP contribution in [-0.2, 0) is 0 Å². The quantitative estimate of drug-likeness (QED) is 0.274. The van der Waals surface area contributed by atoms with Gasteiger partial charge >= 0.3 is 5.69 Å². The Hall–Kier alpha value is -3.02. The third kappa shape index (κ3) is 9.21. The second-order valence-corrected chi connectivity index (χ2v) is 9.10. The number of anilines is 3. The summed E-state index contributed by atoms with van der Waals surface area (Å²) in [6.07, 6.45) is 4.19. The first-order valence-corrected chi connectivity index (χ1v) is 12.0. The Kier molecular flexibility index (Phi) is 11.8. The van der Waals surface area contributed by atoms with E-state index in [1.165, 1.54) is 18.2 Å². The Morgan fingerprint density at radius 3 is 1.67 bits per heavy atom. The lowest BCUT2D eigenvalue weighted by atomic mass is 10.1. The fourth-order valence-corrected chi connectivity index (χ4v) is 4.14. The van der Waals surface area contributed by atoms with Crippen LogP contribution >= 0.6 is 0 Å². The highest BCUT2D eigenvalue weighted by Gasteiger charge is 2.19. The summed E-state index contributed by atoms with van der Waals surface area (Å²) in [6, 6.07) is 9.60. The number of nitro groups is 1. The van der Waals surface area contributed by atoms with Gasteiger partial charge in [-0.2, -0.15) is 4.39 Å². The number of nitrogens with zero attached hydrogens (tertiary/aromatic N) is 3. The SMILES string of the molecule is CN1CCC(Nc2ccc(N)c(F)c2)CC1.CN1CCC(Nc2ccc([N+](=O)[O-])c(F)c2)CC1.CO. The minimum Gasteiger partial charge on any atom is -0.400 e. The van der Waals surface area contributed by atoms with Crippen molar-refractivity contribution in [2.45, 2.75) is 37.8 Å². The van der Waals surface area contributed by atoms with Gasteiger partial charge in [-0.1, -0.05) is 0 Å². The summed E-state index contributed by atoms with van der Waals surface area (Å²) >= 11 is 0. The van der Waals surface area contributed by atoms with Crippen LogP contribution in [0.25, 0.3) is 0 Å². The maximum absolute atomic E-state index is 13.4. The first-order valence-electron chi connectivity index (χ1n) is 12.0. The van der Waals surface area contributed by atoms with E-state index < -0.39 is 16.4 Å². The summed E-state index contributed by atoms with van der Waals surface area (Å²) in [5.74, 6) is -1.14. The average Bonchev–Trinajstić information content (AvgIpc) is 2.86. The molecule has 2 aromatic carbocycles. The zero-order valence-electron chi connectivity index (χ0n) is 21.2. The topological polar surface area (TPSA) is 120 Å². The predicted molar refractivity (Wildman–Crippen MR) is 140 cm³/mol. The van der Waals surface area contributed by atoms with Gasteiger partial charge in [0.25, 0.3) is 0 Å². The van der Waals surface area contributed by atoms with Gasteiger partial charge in [0, 0.05) is 42.7 Å². The maximum atomic E-state index is 13.4. The predicted octanol–water partition coefficient (Wildman–Crippen LogP) is 3.76. The minimum atomic E-state index is -0.794. The highest BCUT2D eigenvalue weighted by Crippen LogP contribution is 2.23. The van der Waals surface area contributed by atoms with E-state index in [1.54, 1.807) is 12.1 Å². The first kappa shape index (κ1) is 29.2. The first-order chi connectivity index (χ1) is 17.2. The molecule has 200 valence electrons. The van der Waals surface area contributed by atoms with Crippen molar-refractivity contribution < 1.29 is 18.8 Å². The molecule has 4 rings (SSSR count). The summed E-state index contributed by atoms with van der Waals surface area (Å²) in [5, 5.41) is 24.1. The van der Waals surface area contributed by atoms with Crippen LogP contribution in [0.3, 0.4) is 0 Å². The van der Waals surface area contributed by atoms with Gasteiger partial charge in [-0.05, 0) is 90.2 Å². The third-order valence-corrected chi connectivity index (χ3v) is 6.32. The molecule has 5 N–H and O–H groups in total. The van der Waals surface area contributed by atoms with Crippen LogP contribution in [0.15, 0.2) is 36.4 Å². The number of nitrogens with one attached hydrogen (secondary N) is 2. The number of likely N-dealkylation sites (tertiary alicyclic amines) is 2. The lowest BCUT2D eigenvalue weighted by Gasteiger charge is -2.30. The van der Waals surface area contributed by atoms with Gasteiger partial charge in [0.05, 0.1) is 10.6 Å². The van der Waals surface area contributed by atoms with Gasteiger partial charge in [0.15, 0.2) is 0 Å². The van der Waals surface area contributed by atoms with Gasteiger partial charge in [0.1, 0.15) is 5.82 Å². The smallest absolute Gasteiger partial charge is 0.304 e. The summed E-state index contributed by atoms with van der Waals surface area (Å²) in [6.45, 7) is 4.20. The Bertz CT molecular complexity index is 965. The molecule has 2 aliphatic heterocycles. The summed E-state index contributed by atoms with van der Waals surface area (Å²) in [4.78, 5) is 14.3. The number of nitrogens with two attached hydrogens (primary N) is 1. The third-order valence-electron chi connectivity index (χ3n) is 6.32. The normalized spacial score (nSPS) is 17.3.